The number of amides is 2. The van der Waals surface area contributed by atoms with Crippen LogP contribution in [-0.4, -0.2) is 70.8 Å². The van der Waals surface area contributed by atoms with E-state index in [0.29, 0.717) is 24.4 Å². The highest BCUT2D eigenvalue weighted by Gasteiger charge is 2.38. The smallest absolute Gasteiger partial charge is 0.322 e. The molecule has 1 fully saturated rings. The van der Waals surface area contributed by atoms with E-state index in [1.807, 2.05) is 25.3 Å². The van der Waals surface area contributed by atoms with Gasteiger partial charge in [-0.1, -0.05) is 11.3 Å². The Bertz CT molecular complexity index is 536. The van der Waals surface area contributed by atoms with E-state index in [4.69, 9.17) is 0 Å². The van der Waals surface area contributed by atoms with Crippen LogP contribution in [0.15, 0.2) is 0 Å². The Morgan fingerprint density at radius 2 is 2.09 bits per heavy atom. The van der Waals surface area contributed by atoms with Crippen LogP contribution in [0.2, 0.25) is 0 Å². The molecule has 0 bridgehead atoms. The predicted molar refractivity (Wildman–Crippen MR) is 80.3 cm³/mol. The molecule has 0 radical (unpaired) electrons. The summed E-state index contributed by atoms with van der Waals surface area (Å²) in [5.41, 5.74) is 0. The van der Waals surface area contributed by atoms with Crippen molar-refractivity contribution in [2.75, 3.05) is 38.8 Å². The van der Waals surface area contributed by atoms with Crippen LogP contribution in [0, 0.1) is 0 Å². The van der Waals surface area contributed by atoms with Crippen molar-refractivity contribution < 1.29 is 18.0 Å². The Morgan fingerprint density at radius 1 is 1.41 bits per heavy atom. The molecule has 0 unspecified atom stereocenters. The zero-order chi connectivity index (χ0) is 16.5. The Morgan fingerprint density at radius 3 is 2.55 bits per heavy atom. The molecule has 11 heteroatoms. The van der Waals surface area contributed by atoms with Gasteiger partial charge in [0, 0.05) is 24.4 Å². The zero-order valence-corrected chi connectivity index (χ0v) is 13.8. The molecule has 0 spiro atoms. The number of urea groups is 1. The number of nitrogens with one attached hydrogen (secondary N) is 1. The highest BCUT2D eigenvalue weighted by atomic mass is 32.2. The molecule has 1 saturated heterocycles. The van der Waals surface area contributed by atoms with Crippen molar-refractivity contribution in [2.45, 2.75) is 17.5 Å². The third-order valence-corrected chi connectivity index (χ3v) is 5.32. The minimum atomic E-state index is -4.55. The van der Waals surface area contributed by atoms with Crippen molar-refractivity contribution in [1.82, 2.24) is 20.0 Å². The lowest BCUT2D eigenvalue weighted by Crippen LogP contribution is -2.38. The summed E-state index contributed by atoms with van der Waals surface area (Å²) in [5.74, 6) is 0. The normalized spacial score (nSPS) is 22.4. The first-order valence-corrected chi connectivity index (χ1v) is 8.48. The van der Waals surface area contributed by atoms with Crippen molar-refractivity contribution >= 4 is 34.3 Å². The number of alkyl halides is 3. The first-order valence-electron chi connectivity index (χ1n) is 6.38. The lowest BCUT2D eigenvalue weighted by atomic mass is 10.2. The molecule has 2 heterocycles. The maximum absolute atomic E-state index is 12.5. The Kier molecular flexibility index (Phi) is 5.17. The van der Waals surface area contributed by atoms with E-state index in [1.54, 1.807) is 16.7 Å². The molecule has 2 rings (SSSR count). The third-order valence-electron chi connectivity index (χ3n) is 3.37. The average Bonchev–Trinajstić information content (AvgIpc) is 3.03. The van der Waals surface area contributed by atoms with Gasteiger partial charge in [-0.3, -0.25) is 5.32 Å². The van der Waals surface area contributed by atoms with Gasteiger partial charge in [0.25, 0.3) is 0 Å². The number of hydrogen-bond acceptors (Lipinski definition) is 6. The maximum atomic E-state index is 12.5. The van der Waals surface area contributed by atoms with Gasteiger partial charge in [0.05, 0.1) is 0 Å². The zero-order valence-electron chi connectivity index (χ0n) is 12.2. The number of hydrogen-bond donors (Lipinski definition) is 1. The third kappa shape index (κ3) is 3.82. The summed E-state index contributed by atoms with van der Waals surface area (Å²) in [6.45, 7) is 1.07. The quantitative estimate of drug-likeness (QED) is 0.899. The number of anilines is 1. The Labute approximate surface area is 134 Å². The molecule has 0 aliphatic carbocycles. The van der Waals surface area contributed by atoms with Crippen molar-refractivity contribution in [2.24, 2.45) is 0 Å². The van der Waals surface area contributed by atoms with Gasteiger partial charge < -0.3 is 9.80 Å². The van der Waals surface area contributed by atoms with Crippen LogP contribution in [-0.2, 0) is 6.18 Å². The van der Waals surface area contributed by atoms with Gasteiger partial charge in [-0.15, -0.1) is 10.2 Å². The molecule has 0 saturated carbocycles. The minimum absolute atomic E-state index is 0.147. The second-order valence-electron chi connectivity index (χ2n) is 5.05. The highest BCUT2D eigenvalue weighted by molar-refractivity contribution is 7.99. The van der Waals surface area contributed by atoms with Crippen LogP contribution >= 0.6 is 23.1 Å². The first-order chi connectivity index (χ1) is 10.2. The number of nitrogens with zero attached hydrogens (tertiary/aromatic N) is 4. The lowest BCUT2D eigenvalue weighted by molar-refractivity contribution is -0.138. The van der Waals surface area contributed by atoms with Crippen LogP contribution in [0.3, 0.4) is 0 Å². The summed E-state index contributed by atoms with van der Waals surface area (Å²) in [6.07, 6.45) is -2.57. The average molecular weight is 355 g/mol. The van der Waals surface area contributed by atoms with Gasteiger partial charge in [0.15, 0.2) is 0 Å². The maximum Gasteiger partial charge on any atom is 0.445 e. The van der Waals surface area contributed by atoms with E-state index in [9.17, 15) is 18.0 Å². The first kappa shape index (κ1) is 17.3. The van der Waals surface area contributed by atoms with Gasteiger partial charge in [-0.25, -0.2) is 4.79 Å². The highest BCUT2D eigenvalue weighted by Crippen LogP contribution is 2.33. The van der Waals surface area contributed by atoms with E-state index >= 15 is 0 Å². The molecule has 0 aromatic carbocycles. The standard InChI is InChI=1S/C11H16F3N5OS2/c1-18(2)6-4-19(5-7(6)21-3)10(20)15-9-17-16-8(22-9)11(12,13)14/h6-7H,4-5H2,1-3H3,(H,15,17,20)/t6-,7-/m1/s1. The van der Waals surface area contributed by atoms with Crippen LogP contribution in [0.25, 0.3) is 0 Å². The van der Waals surface area contributed by atoms with Crippen molar-refractivity contribution in [3.8, 4) is 0 Å². The fourth-order valence-electron chi connectivity index (χ4n) is 2.21. The predicted octanol–water partition coefficient (Wildman–Crippen LogP) is 2.07. The summed E-state index contributed by atoms with van der Waals surface area (Å²) >= 11 is 1.99. The SMILES string of the molecule is CS[C@@H]1CN(C(=O)Nc2nnc(C(F)(F)F)s2)C[C@H]1N(C)C. The van der Waals surface area contributed by atoms with E-state index in [2.05, 4.69) is 15.5 Å². The molecule has 1 N–H and O–H groups in total. The van der Waals surface area contributed by atoms with Crippen molar-refractivity contribution in [3.63, 3.8) is 0 Å². The summed E-state index contributed by atoms with van der Waals surface area (Å²) in [6, 6.07) is -0.241. The Hall–Kier alpha value is -1.07. The molecule has 22 heavy (non-hydrogen) atoms. The summed E-state index contributed by atoms with van der Waals surface area (Å²) < 4.78 is 37.4. The minimum Gasteiger partial charge on any atom is -0.322 e. The van der Waals surface area contributed by atoms with Crippen molar-refractivity contribution in [3.05, 3.63) is 5.01 Å². The van der Waals surface area contributed by atoms with Crippen LogP contribution in [0.1, 0.15) is 5.01 Å². The monoisotopic (exact) mass is 355 g/mol. The number of aromatic nitrogens is 2. The van der Waals surface area contributed by atoms with Gasteiger partial charge in [-0.2, -0.15) is 24.9 Å². The molecule has 1 aliphatic rings. The number of thioether (sulfide) groups is 1. The fourth-order valence-corrected chi connectivity index (χ4v) is 3.78. The number of carbonyl (C=O) groups excluding carboxylic acids is 1. The number of likely N-dealkylation sites (N-methyl/N-ethyl adjacent to an activating group) is 1. The van der Waals surface area contributed by atoms with E-state index in [0.717, 1.165) is 0 Å². The summed E-state index contributed by atoms with van der Waals surface area (Å²) in [7, 11) is 3.88. The molecular weight excluding hydrogens is 339 g/mol. The van der Waals surface area contributed by atoms with Gasteiger partial charge >= 0.3 is 12.2 Å². The van der Waals surface area contributed by atoms with Crippen LogP contribution in [0.5, 0.6) is 0 Å². The largest absolute Gasteiger partial charge is 0.445 e. The topological polar surface area (TPSA) is 61.4 Å². The second-order valence-corrected chi connectivity index (χ2v) is 7.10. The second kappa shape index (κ2) is 6.59. The number of carbonyl (C=O) groups is 1. The number of likely N-dealkylation sites (tertiary alicyclic amines) is 1. The molecule has 2 atom stereocenters. The fraction of sp³-hybridized carbons (Fsp3) is 0.727. The van der Waals surface area contributed by atoms with E-state index < -0.39 is 17.2 Å². The van der Waals surface area contributed by atoms with Gasteiger partial charge in [0.1, 0.15) is 0 Å². The van der Waals surface area contributed by atoms with Crippen molar-refractivity contribution in [1.29, 1.82) is 0 Å². The molecular formula is C11H16F3N5OS2. The molecule has 124 valence electrons. The number of halogens is 3. The van der Waals surface area contributed by atoms with Crippen LogP contribution in [0.4, 0.5) is 23.1 Å². The number of rotatable bonds is 3. The summed E-state index contributed by atoms with van der Waals surface area (Å²) in [5, 5.41) is 7.83. The molecule has 1 aromatic heterocycles. The van der Waals surface area contributed by atoms with E-state index in [1.165, 1.54) is 0 Å². The Balaban J connectivity index is 2.00. The van der Waals surface area contributed by atoms with Gasteiger partial charge in [0.2, 0.25) is 10.1 Å². The molecule has 6 nitrogen and oxygen atoms in total. The summed E-state index contributed by atoms with van der Waals surface area (Å²) in [4.78, 5) is 15.8. The van der Waals surface area contributed by atoms with Crippen LogP contribution < -0.4 is 5.32 Å². The molecule has 1 aromatic rings. The molecule has 1 aliphatic heterocycles. The van der Waals surface area contributed by atoms with E-state index in [-0.39, 0.29) is 16.4 Å². The lowest BCUT2D eigenvalue weighted by Gasteiger charge is -2.23. The van der Waals surface area contributed by atoms with Gasteiger partial charge in [-0.05, 0) is 20.4 Å². The molecule has 2 amide bonds.